The van der Waals surface area contributed by atoms with Gasteiger partial charge in [0, 0.05) is 24.2 Å². The molecule has 0 atom stereocenters. The molecule has 6 heteroatoms. The Bertz CT molecular complexity index is 578. The van der Waals surface area contributed by atoms with E-state index in [2.05, 4.69) is 14.8 Å². The molecule has 0 aromatic carbocycles. The maximum atomic E-state index is 11.5. The molecule has 0 spiro atoms. The molecule has 5 nitrogen and oxygen atoms in total. The Labute approximate surface area is 109 Å². The van der Waals surface area contributed by atoms with Crippen molar-refractivity contribution in [3.63, 3.8) is 0 Å². The molecule has 0 amide bonds. The van der Waals surface area contributed by atoms with Crippen LogP contribution in [-0.4, -0.2) is 29.0 Å². The molecule has 0 aliphatic rings. The first-order valence-electron chi connectivity index (χ1n) is 5.11. The van der Waals surface area contributed by atoms with Crippen LogP contribution in [-0.2, 0) is 4.74 Å². The normalized spacial score (nSPS) is 10.8. The third kappa shape index (κ3) is 2.75. The SMILES string of the molecule is COC(=O)c1cc(Cl)cn1/N=C/c1cccnc1. The van der Waals surface area contributed by atoms with Crippen LogP contribution in [0.25, 0.3) is 0 Å². The fourth-order valence-corrected chi connectivity index (χ4v) is 1.55. The second kappa shape index (κ2) is 5.46. The van der Waals surface area contributed by atoms with Gasteiger partial charge >= 0.3 is 5.97 Å². The highest BCUT2D eigenvalue weighted by Crippen LogP contribution is 2.14. The predicted molar refractivity (Wildman–Crippen MR) is 68.0 cm³/mol. The molecule has 2 rings (SSSR count). The summed E-state index contributed by atoms with van der Waals surface area (Å²) in [5.41, 5.74) is 1.08. The first kappa shape index (κ1) is 12.3. The molecule has 0 aliphatic heterocycles. The summed E-state index contributed by atoms with van der Waals surface area (Å²) >= 11 is 5.83. The smallest absolute Gasteiger partial charge is 0.356 e. The van der Waals surface area contributed by atoms with Crippen LogP contribution in [0.5, 0.6) is 0 Å². The number of methoxy groups -OCH3 is 1. The Morgan fingerprint density at radius 3 is 3.11 bits per heavy atom. The van der Waals surface area contributed by atoms with Crippen LogP contribution in [0.2, 0.25) is 5.02 Å². The lowest BCUT2D eigenvalue weighted by Crippen LogP contribution is -2.06. The largest absolute Gasteiger partial charge is 0.464 e. The van der Waals surface area contributed by atoms with Crippen LogP contribution in [0.4, 0.5) is 0 Å². The first-order chi connectivity index (χ1) is 8.70. The number of ether oxygens (including phenoxy) is 1. The number of hydrogen-bond donors (Lipinski definition) is 0. The van der Waals surface area contributed by atoms with Crippen LogP contribution in [0, 0.1) is 0 Å². The third-order valence-corrected chi connectivity index (χ3v) is 2.38. The fourth-order valence-electron chi connectivity index (χ4n) is 1.35. The summed E-state index contributed by atoms with van der Waals surface area (Å²) in [6.45, 7) is 0. The van der Waals surface area contributed by atoms with Gasteiger partial charge in [-0.3, -0.25) is 4.98 Å². The van der Waals surface area contributed by atoms with Gasteiger partial charge in [0.15, 0.2) is 5.69 Å². The fraction of sp³-hybridized carbons (Fsp3) is 0.0833. The number of halogens is 1. The van der Waals surface area contributed by atoms with Gasteiger partial charge in [0.1, 0.15) is 0 Å². The summed E-state index contributed by atoms with van der Waals surface area (Å²) in [6.07, 6.45) is 6.44. The van der Waals surface area contributed by atoms with E-state index in [0.29, 0.717) is 5.02 Å². The summed E-state index contributed by atoms with van der Waals surface area (Å²) in [6, 6.07) is 5.14. The van der Waals surface area contributed by atoms with Gasteiger partial charge in [-0.15, -0.1) is 0 Å². The summed E-state index contributed by atoms with van der Waals surface area (Å²) in [5.74, 6) is -0.495. The Kier molecular flexibility index (Phi) is 3.74. The zero-order valence-electron chi connectivity index (χ0n) is 9.58. The highest BCUT2D eigenvalue weighted by molar-refractivity contribution is 6.31. The molecule has 0 bridgehead atoms. The standard InChI is InChI=1S/C12H10ClN3O2/c1-18-12(17)11-5-10(13)8-16(11)15-7-9-3-2-4-14-6-9/h2-8H,1H3/b15-7+. The zero-order chi connectivity index (χ0) is 13.0. The van der Waals surface area contributed by atoms with Crippen LogP contribution in [0.3, 0.4) is 0 Å². The van der Waals surface area contributed by atoms with Crippen molar-refractivity contribution in [1.82, 2.24) is 9.66 Å². The van der Waals surface area contributed by atoms with E-state index in [9.17, 15) is 4.79 Å². The van der Waals surface area contributed by atoms with Crippen LogP contribution < -0.4 is 0 Å². The van der Waals surface area contributed by atoms with E-state index < -0.39 is 5.97 Å². The Hall–Kier alpha value is -2.14. The lowest BCUT2D eigenvalue weighted by atomic mass is 10.3. The predicted octanol–water partition coefficient (Wildman–Crippen LogP) is 2.21. The van der Waals surface area contributed by atoms with E-state index in [1.165, 1.54) is 24.0 Å². The number of aromatic nitrogens is 2. The molecule has 92 valence electrons. The van der Waals surface area contributed by atoms with Crippen molar-refractivity contribution in [3.8, 4) is 0 Å². The van der Waals surface area contributed by atoms with Gasteiger partial charge in [0.2, 0.25) is 0 Å². The molecule has 0 N–H and O–H groups in total. The van der Waals surface area contributed by atoms with E-state index in [-0.39, 0.29) is 5.69 Å². The summed E-state index contributed by atoms with van der Waals surface area (Å²) in [4.78, 5) is 15.4. The Morgan fingerprint density at radius 1 is 1.61 bits per heavy atom. The number of carbonyl (C=O) groups excluding carboxylic acids is 1. The van der Waals surface area contributed by atoms with Gasteiger partial charge in [0.25, 0.3) is 0 Å². The Balaban J connectivity index is 2.29. The first-order valence-corrected chi connectivity index (χ1v) is 5.49. The second-order valence-electron chi connectivity index (χ2n) is 3.41. The van der Waals surface area contributed by atoms with Gasteiger partial charge in [-0.05, 0) is 12.1 Å². The van der Waals surface area contributed by atoms with E-state index in [1.54, 1.807) is 24.7 Å². The Morgan fingerprint density at radius 2 is 2.44 bits per heavy atom. The van der Waals surface area contributed by atoms with E-state index >= 15 is 0 Å². The average molecular weight is 264 g/mol. The molecule has 0 radical (unpaired) electrons. The van der Waals surface area contributed by atoms with Crippen LogP contribution in [0.1, 0.15) is 16.1 Å². The molecule has 0 saturated heterocycles. The highest BCUT2D eigenvalue weighted by atomic mass is 35.5. The quantitative estimate of drug-likeness (QED) is 0.630. The molecular formula is C12H10ClN3O2. The molecule has 18 heavy (non-hydrogen) atoms. The molecule has 2 heterocycles. The van der Waals surface area contributed by atoms with Crippen molar-refractivity contribution in [2.45, 2.75) is 0 Å². The topological polar surface area (TPSA) is 56.5 Å². The maximum Gasteiger partial charge on any atom is 0.356 e. The minimum Gasteiger partial charge on any atom is -0.464 e. The maximum absolute atomic E-state index is 11.5. The van der Waals surface area contributed by atoms with Gasteiger partial charge in [0.05, 0.1) is 18.3 Å². The van der Waals surface area contributed by atoms with Crippen molar-refractivity contribution < 1.29 is 9.53 Å². The number of hydrogen-bond acceptors (Lipinski definition) is 4. The molecule has 2 aromatic heterocycles. The monoisotopic (exact) mass is 263 g/mol. The molecular weight excluding hydrogens is 254 g/mol. The molecule has 0 fully saturated rings. The number of esters is 1. The number of pyridine rings is 1. The minimum atomic E-state index is -0.495. The lowest BCUT2D eigenvalue weighted by molar-refractivity contribution is 0.0589. The minimum absolute atomic E-state index is 0.266. The average Bonchev–Trinajstić information content (AvgIpc) is 2.78. The summed E-state index contributed by atoms with van der Waals surface area (Å²) < 4.78 is 6.00. The van der Waals surface area contributed by atoms with Gasteiger partial charge in [-0.1, -0.05) is 17.7 Å². The highest BCUT2D eigenvalue weighted by Gasteiger charge is 2.12. The molecule has 0 unspecified atom stereocenters. The van der Waals surface area contributed by atoms with E-state index in [1.807, 2.05) is 6.07 Å². The van der Waals surface area contributed by atoms with E-state index in [4.69, 9.17) is 11.6 Å². The number of rotatable bonds is 3. The summed E-state index contributed by atoms with van der Waals surface area (Å²) in [5, 5.41) is 4.55. The zero-order valence-corrected chi connectivity index (χ0v) is 10.3. The van der Waals surface area contributed by atoms with Crippen molar-refractivity contribution in [3.05, 3.63) is 53.1 Å². The van der Waals surface area contributed by atoms with Crippen molar-refractivity contribution >= 4 is 23.8 Å². The molecule has 0 aliphatic carbocycles. The van der Waals surface area contributed by atoms with Crippen LogP contribution >= 0.6 is 11.6 Å². The van der Waals surface area contributed by atoms with Crippen molar-refractivity contribution in [2.24, 2.45) is 5.10 Å². The van der Waals surface area contributed by atoms with Gasteiger partial charge in [-0.2, -0.15) is 5.10 Å². The second-order valence-corrected chi connectivity index (χ2v) is 3.85. The molecule has 2 aromatic rings. The van der Waals surface area contributed by atoms with Gasteiger partial charge in [-0.25, -0.2) is 9.47 Å². The van der Waals surface area contributed by atoms with Crippen molar-refractivity contribution in [1.29, 1.82) is 0 Å². The molecule has 0 saturated carbocycles. The third-order valence-electron chi connectivity index (χ3n) is 2.18. The van der Waals surface area contributed by atoms with Crippen LogP contribution in [0.15, 0.2) is 41.9 Å². The summed E-state index contributed by atoms with van der Waals surface area (Å²) in [7, 11) is 1.30. The van der Waals surface area contributed by atoms with Gasteiger partial charge < -0.3 is 4.74 Å². The lowest BCUT2D eigenvalue weighted by Gasteiger charge is -2.00. The number of carbonyl (C=O) groups is 1. The van der Waals surface area contributed by atoms with E-state index in [0.717, 1.165) is 5.56 Å². The van der Waals surface area contributed by atoms with Crippen molar-refractivity contribution in [2.75, 3.05) is 7.11 Å². The number of nitrogens with zero attached hydrogens (tertiary/aromatic N) is 3.